The van der Waals surface area contributed by atoms with Crippen molar-refractivity contribution < 1.29 is 4.79 Å². The van der Waals surface area contributed by atoms with E-state index in [4.69, 9.17) is 0 Å². The molecular formula is C18H24N4O. The van der Waals surface area contributed by atoms with Gasteiger partial charge in [0, 0.05) is 37.9 Å². The lowest BCUT2D eigenvalue weighted by Gasteiger charge is -2.29. The first kappa shape index (κ1) is 15.7. The Labute approximate surface area is 137 Å². The van der Waals surface area contributed by atoms with Gasteiger partial charge in [0.15, 0.2) is 0 Å². The third-order valence-electron chi connectivity index (χ3n) is 4.80. The summed E-state index contributed by atoms with van der Waals surface area (Å²) in [4.78, 5) is 17.0. The van der Waals surface area contributed by atoms with Gasteiger partial charge in [0.05, 0.1) is 0 Å². The lowest BCUT2D eigenvalue weighted by molar-refractivity contribution is 0.0683. The molecule has 0 saturated carbocycles. The zero-order valence-corrected chi connectivity index (χ0v) is 13.8. The van der Waals surface area contributed by atoms with E-state index in [-0.39, 0.29) is 11.9 Å². The van der Waals surface area contributed by atoms with Crippen molar-refractivity contribution in [3.05, 3.63) is 53.9 Å². The first-order valence-corrected chi connectivity index (χ1v) is 8.30. The molecule has 1 aromatic carbocycles. The summed E-state index contributed by atoms with van der Waals surface area (Å²) >= 11 is 0. The number of nitrogens with one attached hydrogen (secondary N) is 1. The molecule has 1 amide bonds. The number of rotatable bonds is 5. The Morgan fingerprint density at radius 1 is 1.39 bits per heavy atom. The first-order chi connectivity index (χ1) is 11.2. The molecule has 0 spiro atoms. The number of likely N-dealkylation sites (tertiary alicyclic amines) is 1. The minimum absolute atomic E-state index is 0.0456. The topological polar surface area (TPSA) is 52.2 Å². The van der Waals surface area contributed by atoms with Crippen LogP contribution >= 0.6 is 0 Å². The summed E-state index contributed by atoms with van der Waals surface area (Å²) in [6, 6.07) is 12.9. The van der Waals surface area contributed by atoms with E-state index in [9.17, 15) is 4.79 Å². The summed E-state index contributed by atoms with van der Waals surface area (Å²) in [6.45, 7) is 6.94. The summed E-state index contributed by atoms with van der Waals surface area (Å²) in [5, 5.41) is 6.67. The van der Waals surface area contributed by atoms with Crippen LogP contribution in [0.25, 0.3) is 0 Å². The second-order valence-corrected chi connectivity index (χ2v) is 6.09. The third kappa shape index (κ3) is 3.29. The predicted octanol–water partition coefficient (Wildman–Crippen LogP) is 2.71. The fourth-order valence-corrected chi connectivity index (χ4v) is 3.41. The Hall–Kier alpha value is -2.14. The van der Waals surface area contributed by atoms with Crippen molar-refractivity contribution in [1.82, 2.24) is 20.0 Å². The Bertz CT molecular complexity index is 626. The lowest BCUT2D eigenvalue weighted by Crippen LogP contribution is -2.42. The predicted molar refractivity (Wildman–Crippen MR) is 90.1 cm³/mol. The number of carbonyl (C=O) groups excluding carboxylic acids is 1. The van der Waals surface area contributed by atoms with Crippen LogP contribution in [0.4, 0.5) is 0 Å². The fraction of sp³-hybridized carbons (Fsp3) is 0.444. The van der Waals surface area contributed by atoms with E-state index in [1.165, 1.54) is 5.56 Å². The van der Waals surface area contributed by atoms with Gasteiger partial charge in [0.25, 0.3) is 5.91 Å². The fourth-order valence-electron chi connectivity index (χ4n) is 3.41. The number of aromatic nitrogens is 2. The van der Waals surface area contributed by atoms with Gasteiger partial charge in [-0.1, -0.05) is 30.3 Å². The van der Waals surface area contributed by atoms with Gasteiger partial charge < -0.3 is 4.90 Å². The van der Waals surface area contributed by atoms with E-state index >= 15 is 0 Å². The summed E-state index contributed by atoms with van der Waals surface area (Å²) in [6.07, 6.45) is 2.64. The number of benzene rings is 1. The average molecular weight is 312 g/mol. The van der Waals surface area contributed by atoms with Crippen LogP contribution < -0.4 is 0 Å². The van der Waals surface area contributed by atoms with Gasteiger partial charge >= 0.3 is 0 Å². The molecule has 5 nitrogen and oxygen atoms in total. The maximum Gasteiger partial charge on any atom is 0.272 e. The Morgan fingerprint density at radius 2 is 2.17 bits per heavy atom. The van der Waals surface area contributed by atoms with Gasteiger partial charge in [-0.3, -0.25) is 14.8 Å². The highest BCUT2D eigenvalue weighted by Crippen LogP contribution is 2.27. The zero-order valence-electron chi connectivity index (χ0n) is 13.8. The molecule has 1 fully saturated rings. The molecule has 2 aromatic rings. The largest absolute Gasteiger partial charge is 0.333 e. The molecule has 23 heavy (non-hydrogen) atoms. The summed E-state index contributed by atoms with van der Waals surface area (Å²) in [5.74, 6) is 0.0456. The summed E-state index contributed by atoms with van der Waals surface area (Å²) in [7, 11) is 0. The first-order valence-electron chi connectivity index (χ1n) is 8.30. The minimum Gasteiger partial charge on any atom is -0.333 e. The number of hydrogen-bond acceptors (Lipinski definition) is 3. The van der Waals surface area contributed by atoms with Gasteiger partial charge in [-0.05, 0) is 31.9 Å². The van der Waals surface area contributed by atoms with Crippen LogP contribution in [0.15, 0.2) is 42.6 Å². The highest BCUT2D eigenvalue weighted by atomic mass is 16.2. The SMILES string of the molecule is CCN(C(=O)c1ccn[nH]1)[C@@H]1CCN([C@H](C)c2ccccc2)C1. The third-order valence-corrected chi connectivity index (χ3v) is 4.80. The quantitative estimate of drug-likeness (QED) is 0.923. The van der Waals surface area contributed by atoms with Crippen molar-refractivity contribution >= 4 is 5.91 Å². The maximum absolute atomic E-state index is 12.6. The highest BCUT2D eigenvalue weighted by molar-refractivity contribution is 5.92. The molecule has 0 bridgehead atoms. The van der Waals surface area contributed by atoms with Crippen molar-refractivity contribution in [3.8, 4) is 0 Å². The number of aromatic amines is 1. The molecule has 0 aliphatic carbocycles. The van der Waals surface area contributed by atoms with E-state index in [0.717, 1.165) is 26.1 Å². The van der Waals surface area contributed by atoms with Gasteiger partial charge in [-0.15, -0.1) is 0 Å². The van der Waals surface area contributed by atoms with Gasteiger partial charge in [0.1, 0.15) is 5.69 Å². The smallest absolute Gasteiger partial charge is 0.272 e. The van der Waals surface area contributed by atoms with Crippen LogP contribution in [-0.4, -0.2) is 51.6 Å². The number of carbonyl (C=O) groups is 1. The van der Waals surface area contributed by atoms with Crippen molar-refractivity contribution in [2.24, 2.45) is 0 Å². The molecule has 1 aliphatic rings. The molecule has 1 N–H and O–H groups in total. The van der Waals surface area contributed by atoms with E-state index in [2.05, 4.69) is 46.3 Å². The molecule has 1 aliphatic heterocycles. The van der Waals surface area contributed by atoms with Crippen molar-refractivity contribution in [2.45, 2.75) is 32.4 Å². The van der Waals surface area contributed by atoms with E-state index in [1.807, 2.05) is 17.9 Å². The van der Waals surface area contributed by atoms with Gasteiger partial charge in [0.2, 0.25) is 0 Å². The zero-order chi connectivity index (χ0) is 16.2. The van der Waals surface area contributed by atoms with Crippen LogP contribution in [0.2, 0.25) is 0 Å². The Morgan fingerprint density at radius 3 is 2.83 bits per heavy atom. The number of H-pyrrole nitrogens is 1. The molecule has 0 radical (unpaired) electrons. The van der Waals surface area contributed by atoms with Gasteiger partial charge in [-0.25, -0.2) is 0 Å². The number of hydrogen-bond donors (Lipinski definition) is 1. The minimum atomic E-state index is 0.0456. The molecule has 3 rings (SSSR count). The normalized spacial score (nSPS) is 19.7. The van der Waals surface area contributed by atoms with Crippen LogP contribution in [0.1, 0.15) is 42.4 Å². The Balaban J connectivity index is 1.67. The maximum atomic E-state index is 12.6. The summed E-state index contributed by atoms with van der Waals surface area (Å²) in [5.41, 5.74) is 1.90. The second kappa shape index (κ2) is 6.96. The number of likely N-dealkylation sites (N-methyl/N-ethyl adjacent to an activating group) is 1. The van der Waals surface area contributed by atoms with Crippen molar-refractivity contribution in [2.75, 3.05) is 19.6 Å². The molecule has 122 valence electrons. The van der Waals surface area contributed by atoms with Crippen LogP contribution in [-0.2, 0) is 0 Å². The van der Waals surface area contributed by atoms with Crippen molar-refractivity contribution in [1.29, 1.82) is 0 Å². The highest BCUT2D eigenvalue weighted by Gasteiger charge is 2.32. The standard InChI is InChI=1S/C18H24N4O/c1-3-22(18(23)17-9-11-19-20-17)16-10-12-21(13-16)14(2)15-7-5-4-6-8-15/h4-9,11,14,16H,3,10,12-13H2,1-2H3,(H,19,20)/t14-,16-/m1/s1. The molecule has 2 heterocycles. The molecule has 1 aromatic heterocycles. The van der Waals surface area contributed by atoms with E-state index < -0.39 is 0 Å². The number of amides is 1. The van der Waals surface area contributed by atoms with Crippen LogP contribution in [0.3, 0.4) is 0 Å². The molecule has 5 heteroatoms. The monoisotopic (exact) mass is 312 g/mol. The molecular weight excluding hydrogens is 288 g/mol. The molecule has 0 unspecified atom stereocenters. The van der Waals surface area contributed by atoms with E-state index in [0.29, 0.717) is 11.7 Å². The van der Waals surface area contributed by atoms with Crippen molar-refractivity contribution in [3.63, 3.8) is 0 Å². The lowest BCUT2D eigenvalue weighted by atomic mass is 10.1. The van der Waals surface area contributed by atoms with Crippen LogP contribution in [0, 0.1) is 0 Å². The van der Waals surface area contributed by atoms with Crippen LogP contribution in [0.5, 0.6) is 0 Å². The number of nitrogens with zero attached hydrogens (tertiary/aromatic N) is 3. The van der Waals surface area contributed by atoms with E-state index in [1.54, 1.807) is 12.3 Å². The molecule has 1 saturated heterocycles. The molecule has 2 atom stereocenters. The van der Waals surface area contributed by atoms with Gasteiger partial charge in [-0.2, -0.15) is 5.10 Å². The average Bonchev–Trinajstić information content (AvgIpc) is 3.27. The Kier molecular flexibility index (Phi) is 4.76. The summed E-state index contributed by atoms with van der Waals surface area (Å²) < 4.78 is 0. The second-order valence-electron chi connectivity index (χ2n) is 6.09.